The number of rotatable bonds is 14. The Morgan fingerprint density at radius 3 is 2.26 bits per heavy atom. The second-order valence-corrected chi connectivity index (χ2v) is 12.0. The molecule has 3 atom stereocenters. The summed E-state index contributed by atoms with van der Waals surface area (Å²) in [6, 6.07) is 17.8. The van der Waals surface area contributed by atoms with E-state index in [0.29, 0.717) is 19.5 Å². The Labute approximate surface area is 271 Å². The quantitative estimate of drug-likeness (QED) is 0.229. The van der Waals surface area contributed by atoms with Gasteiger partial charge in [-0.2, -0.15) is 0 Å². The third-order valence-electron chi connectivity index (χ3n) is 8.48. The van der Waals surface area contributed by atoms with Gasteiger partial charge in [-0.05, 0) is 35.6 Å². The number of hydrogen-bond donors (Lipinski definition) is 3. The summed E-state index contributed by atoms with van der Waals surface area (Å²) in [5, 5.41) is 15.3. The van der Waals surface area contributed by atoms with Crippen molar-refractivity contribution >= 4 is 17.8 Å². The zero-order valence-corrected chi connectivity index (χ0v) is 26.6. The van der Waals surface area contributed by atoms with Crippen molar-refractivity contribution in [2.45, 2.75) is 70.7 Å². The van der Waals surface area contributed by atoms with Crippen molar-refractivity contribution in [3.63, 3.8) is 0 Å². The fraction of sp³-hybridized carbons (Fsp3) is 0.486. The Morgan fingerprint density at radius 1 is 0.870 bits per heavy atom. The lowest BCUT2D eigenvalue weighted by atomic mass is 9.99. The first-order valence-electron chi connectivity index (χ1n) is 16.3. The number of carbonyl (C=O) groups excluding carboxylic acids is 2. The van der Waals surface area contributed by atoms with Crippen LogP contribution in [0.4, 0.5) is 5.95 Å². The zero-order valence-electron chi connectivity index (χ0n) is 26.6. The Kier molecular flexibility index (Phi) is 12.5. The van der Waals surface area contributed by atoms with Crippen LogP contribution in [0.5, 0.6) is 0 Å². The monoisotopic (exact) mass is 630 g/mol. The van der Waals surface area contributed by atoms with E-state index in [1.807, 2.05) is 54.6 Å². The highest BCUT2D eigenvalue weighted by Crippen LogP contribution is 2.38. The van der Waals surface area contributed by atoms with E-state index in [0.717, 1.165) is 86.6 Å². The molecule has 2 aromatic carbocycles. The van der Waals surface area contributed by atoms with Crippen molar-refractivity contribution in [1.82, 2.24) is 25.5 Å². The van der Waals surface area contributed by atoms with Crippen molar-refractivity contribution in [2.75, 3.05) is 44.2 Å². The molecule has 2 aliphatic heterocycles. The molecular formula is C35H46N6O5. The highest BCUT2D eigenvalue weighted by Gasteiger charge is 2.34. The number of aromatic nitrogens is 2. The second kappa shape index (κ2) is 17.1. The Morgan fingerprint density at radius 2 is 1.57 bits per heavy atom. The number of aliphatic hydroxyl groups is 1. The number of ether oxygens (including phenoxy) is 2. The van der Waals surface area contributed by atoms with E-state index in [1.54, 1.807) is 12.4 Å². The third kappa shape index (κ3) is 10.1. The number of hydrogen-bond acceptors (Lipinski definition) is 9. The van der Waals surface area contributed by atoms with Crippen molar-refractivity contribution in [3.8, 4) is 0 Å². The molecule has 3 heterocycles. The van der Waals surface area contributed by atoms with Gasteiger partial charge in [0.25, 0.3) is 0 Å². The number of nitrogens with one attached hydrogen (secondary N) is 2. The van der Waals surface area contributed by atoms with Gasteiger partial charge >= 0.3 is 0 Å². The highest BCUT2D eigenvalue weighted by molar-refractivity contribution is 5.75. The minimum atomic E-state index is -0.526. The Balaban J connectivity index is 1.15. The highest BCUT2D eigenvalue weighted by atomic mass is 16.7. The molecule has 3 N–H and O–H groups in total. The summed E-state index contributed by atoms with van der Waals surface area (Å²) in [6.45, 7) is 6.94. The first kappa shape index (κ1) is 33.5. The molecule has 246 valence electrons. The molecule has 0 radical (unpaired) electrons. The lowest BCUT2D eigenvalue weighted by Crippen LogP contribution is -2.50. The molecule has 11 heteroatoms. The molecule has 2 fully saturated rings. The standard InChI is InChI=1S/C35H46N6O5/c1-26(43)36-15-4-2-3-6-33(44)39-23-27-7-13-30(14-8-27)34-45-31(22-32(46-34)29-11-9-28(25-42)10-12-29)24-40-18-20-41(21-19-40)35-37-16-5-17-38-35/h5,7-14,16-17,31-32,34,42H,2-4,6,15,18-25H2,1H3,(H,36,43)(H,39,44)/t31-,32+,34+/m1/s1. The van der Waals surface area contributed by atoms with Gasteiger partial charge in [-0.15, -0.1) is 0 Å². The molecule has 0 aliphatic carbocycles. The van der Waals surface area contributed by atoms with Gasteiger partial charge in [0.1, 0.15) is 0 Å². The average Bonchev–Trinajstić information content (AvgIpc) is 3.09. The minimum absolute atomic E-state index is 0.00685. The van der Waals surface area contributed by atoms with Crippen LogP contribution in [0.25, 0.3) is 0 Å². The molecule has 2 saturated heterocycles. The first-order chi connectivity index (χ1) is 22.5. The second-order valence-electron chi connectivity index (χ2n) is 12.0. The number of carbonyl (C=O) groups is 2. The van der Waals surface area contributed by atoms with Crippen LogP contribution in [-0.2, 0) is 32.2 Å². The summed E-state index contributed by atoms with van der Waals surface area (Å²) in [5.41, 5.74) is 3.87. The molecule has 0 saturated carbocycles. The molecule has 5 rings (SSSR count). The largest absolute Gasteiger partial charge is 0.392 e. The number of unbranched alkanes of at least 4 members (excludes halogenated alkanes) is 2. The fourth-order valence-electron chi connectivity index (χ4n) is 5.84. The van der Waals surface area contributed by atoms with Crippen LogP contribution in [-0.4, -0.2) is 77.2 Å². The molecule has 0 bridgehead atoms. The maximum Gasteiger partial charge on any atom is 0.225 e. The van der Waals surface area contributed by atoms with E-state index in [9.17, 15) is 14.7 Å². The van der Waals surface area contributed by atoms with Gasteiger partial charge in [-0.25, -0.2) is 9.97 Å². The minimum Gasteiger partial charge on any atom is -0.392 e. The van der Waals surface area contributed by atoms with Crippen LogP contribution in [0.15, 0.2) is 67.0 Å². The number of nitrogens with zero attached hydrogens (tertiary/aromatic N) is 4. The maximum absolute atomic E-state index is 12.3. The lowest BCUT2D eigenvalue weighted by Gasteiger charge is -2.40. The van der Waals surface area contributed by atoms with Crippen molar-refractivity contribution in [3.05, 3.63) is 89.2 Å². The lowest BCUT2D eigenvalue weighted by molar-refractivity contribution is -0.253. The van der Waals surface area contributed by atoms with Crippen LogP contribution in [0.2, 0.25) is 0 Å². The molecule has 2 aliphatic rings. The summed E-state index contributed by atoms with van der Waals surface area (Å²) in [4.78, 5) is 36.7. The first-order valence-corrected chi connectivity index (χ1v) is 16.3. The van der Waals surface area contributed by atoms with Gasteiger partial charge in [-0.3, -0.25) is 14.5 Å². The van der Waals surface area contributed by atoms with E-state index < -0.39 is 6.29 Å². The molecule has 46 heavy (non-hydrogen) atoms. The van der Waals surface area contributed by atoms with E-state index >= 15 is 0 Å². The normalized spacial score (nSPS) is 20.3. The van der Waals surface area contributed by atoms with Crippen LogP contribution < -0.4 is 15.5 Å². The van der Waals surface area contributed by atoms with E-state index in [4.69, 9.17) is 9.47 Å². The van der Waals surface area contributed by atoms with Gasteiger partial charge in [-0.1, -0.05) is 55.0 Å². The number of anilines is 1. The van der Waals surface area contributed by atoms with E-state index in [-0.39, 0.29) is 30.6 Å². The SMILES string of the molecule is CC(=O)NCCCCCC(=O)NCc1ccc([C@H]2O[C@@H](CN3CCN(c4ncccn4)CC3)C[C@@H](c3ccc(CO)cc3)O2)cc1. The van der Waals surface area contributed by atoms with Gasteiger partial charge in [0, 0.05) is 83.5 Å². The van der Waals surface area contributed by atoms with Crippen molar-refractivity contribution in [2.24, 2.45) is 0 Å². The summed E-state index contributed by atoms with van der Waals surface area (Å²) in [7, 11) is 0. The predicted molar refractivity (Wildman–Crippen MR) is 175 cm³/mol. The van der Waals surface area contributed by atoms with Gasteiger partial charge in [0.15, 0.2) is 6.29 Å². The van der Waals surface area contributed by atoms with E-state index in [1.165, 1.54) is 6.92 Å². The molecule has 0 spiro atoms. The summed E-state index contributed by atoms with van der Waals surface area (Å²) < 4.78 is 13.1. The summed E-state index contributed by atoms with van der Waals surface area (Å²) in [5.74, 6) is 0.773. The van der Waals surface area contributed by atoms with Crippen molar-refractivity contribution in [1.29, 1.82) is 0 Å². The zero-order chi connectivity index (χ0) is 32.1. The summed E-state index contributed by atoms with van der Waals surface area (Å²) in [6.07, 6.45) is 6.62. The maximum atomic E-state index is 12.3. The van der Waals surface area contributed by atoms with Crippen molar-refractivity contribution < 1.29 is 24.2 Å². The van der Waals surface area contributed by atoms with Gasteiger partial charge in [0.05, 0.1) is 18.8 Å². The van der Waals surface area contributed by atoms with Crippen LogP contribution in [0, 0.1) is 0 Å². The van der Waals surface area contributed by atoms with Gasteiger partial charge < -0.3 is 30.1 Å². The molecule has 3 aromatic rings. The topological polar surface area (TPSA) is 129 Å². The number of amides is 2. The van der Waals surface area contributed by atoms with Crippen LogP contribution in [0.1, 0.15) is 73.7 Å². The molecule has 1 aromatic heterocycles. The predicted octanol–water partition coefficient (Wildman–Crippen LogP) is 3.65. The number of piperazine rings is 1. The van der Waals surface area contributed by atoms with E-state index in [2.05, 4.69) is 30.4 Å². The number of benzene rings is 2. The average molecular weight is 631 g/mol. The van der Waals surface area contributed by atoms with Crippen LogP contribution >= 0.6 is 0 Å². The number of aliphatic hydroxyl groups excluding tert-OH is 1. The van der Waals surface area contributed by atoms with Crippen LogP contribution in [0.3, 0.4) is 0 Å². The smallest absolute Gasteiger partial charge is 0.225 e. The third-order valence-corrected chi connectivity index (χ3v) is 8.48. The molecular weight excluding hydrogens is 584 g/mol. The Hall–Kier alpha value is -3.90. The Bertz CT molecular complexity index is 1370. The molecule has 0 unspecified atom stereocenters. The fourth-order valence-corrected chi connectivity index (χ4v) is 5.84. The van der Waals surface area contributed by atoms with Gasteiger partial charge in [0.2, 0.25) is 17.8 Å². The molecule has 11 nitrogen and oxygen atoms in total. The summed E-state index contributed by atoms with van der Waals surface area (Å²) >= 11 is 0. The molecule has 2 amide bonds.